The van der Waals surface area contributed by atoms with Crippen molar-refractivity contribution in [3.05, 3.63) is 40.8 Å². The zero-order valence-corrected chi connectivity index (χ0v) is 10.2. The zero-order valence-electron chi connectivity index (χ0n) is 10.2. The number of halogens is 1. The number of nitrogen functional groups attached to an aromatic ring is 1. The summed E-state index contributed by atoms with van der Waals surface area (Å²) in [7, 11) is 0. The fraction of sp³-hybridized carbons (Fsp3) is 0.231. The molecule has 0 aliphatic heterocycles. The molecule has 0 aliphatic rings. The van der Waals surface area contributed by atoms with E-state index in [1.165, 1.54) is 16.8 Å². The summed E-state index contributed by atoms with van der Waals surface area (Å²) in [5, 5.41) is 13.4. The minimum atomic E-state index is -0.307. The molecule has 1 aromatic carbocycles. The van der Waals surface area contributed by atoms with Crippen LogP contribution in [0.5, 0.6) is 0 Å². The van der Waals surface area contributed by atoms with E-state index in [4.69, 9.17) is 11.0 Å². The first-order chi connectivity index (χ1) is 8.58. The van der Waals surface area contributed by atoms with Crippen molar-refractivity contribution in [2.24, 2.45) is 0 Å². The van der Waals surface area contributed by atoms with Crippen LogP contribution in [0.25, 0.3) is 5.69 Å². The molecule has 2 aromatic rings. The topological polar surface area (TPSA) is 67.6 Å². The molecule has 5 heteroatoms. The second-order valence-corrected chi connectivity index (χ2v) is 4.01. The van der Waals surface area contributed by atoms with E-state index in [0.717, 1.165) is 5.56 Å². The summed E-state index contributed by atoms with van der Waals surface area (Å²) in [6.07, 6.45) is 0.625. The van der Waals surface area contributed by atoms with Crippen LogP contribution in [0.3, 0.4) is 0 Å². The summed E-state index contributed by atoms with van der Waals surface area (Å²) in [5.74, 6) is -0.0118. The summed E-state index contributed by atoms with van der Waals surface area (Å²) in [6, 6.07) is 6.42. The highest BCUT2D eigenvalue weighted by Gasteiger charge is 2.16. The van der Waals surface area contributed by atoms with E-state index in [2.05, 4.69) is 11.2 Å². The number of hydrogen-bond acceptors (Lipinski definition) is 3. The first-order valence-electron chi connectivity index (χ1n) is 5.62. The average molecular weight is 244 g/mol. The standard InChI is InChI=1S/C13H13FN4/c1-3-11-10(7-15)13(16)18(17-11)12-5-4-9(14)6-8(12)2/h4-6H,3,16H2,1-2H3. The number of benzene rings is 1. The van der Waals surface area contributed by atoms with Crippen molar-refractivity contribution >= 4 is 5.82 Å². The van der Waals surface area contributed by atoms with Gasteiger partial charge in [-0.05, 0) is 37.1 Å². The Balaban J connectivity index is 2.65. The van der Waals surface area contributed by atoms with Crippen LogP contribution >= 0.6 is 0 Å². The van der Waals surface area contributed by atoms with Crippen molar-refractivity contribution in [2.45, 2.75) is 20.3 Å². The Bertz CT molecular complexity index is 637. The fourth-order valence-corrected chi connectivity index (χ4v) is 1.89. The molecule has 0 aliphatic carbocycles. The van der Waals surface area contributed by atoms with Crippen LogP contribution in [0.1, 0.15) is 23.7 Å². The Hall–Kier alpha value is -2.35. The Morgan fingerprint density at radius 3 is 2.72 bits per heavy atom. The molecule has 1 aromatic heterocycles. The second-order valence-electron chi connectivity index (χ2n) is 4.01. The highest BCUT2D eigenvalue weighted by Crippen LogP contribution is 2.23. The maximum atomic E-state index is 13.1. The zero-order chi connectivity index (χ0) is 13.3. The van der Waals surface area contributed by atoms with Gasteiger partial charge in [-0.3, -0.25) is 0 Å². The van der Waals surface area contributed by atoms with Gasteiger partial charge in [0, 0.05) is 0 Å². The lowest BCUT2D eigenvalue weighted by Gasteiger charge is -2.07. The molecule has 0 fully saturated rings. The van der Waals surface area contributed by atoms with E-state index in [1.54, 1.807) is 13.0 Å². The fourth-order valence-electron chi connectivity index (χ4n) is 1.89. The van der Waals surface area contributed by atoms with Crippen molar-refractivity contribution in [3.63, 3.8) is 0 Å². The molecule has 2 rings (SSSR count). The van der Waals surface area contributed by atoms with E-state index in [0.29, 0.717) is 29.2 Å². The van der Waals surface area contributed by atoms with Crippen LogP contribution in [-0.4, -0.2) is 9.78 Å². The van der Waals surface area contributed by atoms with Crippen LogP contribution in [0.15, 0.2) is 18.2 Å². The highest BCUT2D eigenvalue weighted by molar-refractivity contribution is 5.57. The second kappa shape index (κ2) is 4.49. The quantitative estimate of drug-likeness (QED) is 0.881. The molecule has 0 spiro atoms. The van der Waals surface area contributed by atoms with Gasteiger partial charge >= 0.3 is 0 Å². The molecular weight excluding hydrogens is 231 g/mol. The van der Waals surface area contributed by atoms with Crippen LogP contribution in [-0.2, 0) is 6.42 Å². The van der Waals surface area contributed by atoms with Crippen LogP contribution < -0.4 is 5.73 Å². The summed E-state index contributed by atoms with van der Waals surface area (Å²) in [6.45, 7) is 3.68. The van der Waals surface area contributed by atoms with Crippen molar-refractivity contribution in [1.29, 1.82) is 5.26 Å². The molecular formula is C13H13FN4. The summed E-state index contributed by atoms with van der Waals surface area (Å²) < 4.78 is 14.6. The predicted molar refractivity (Wildman–Crippen MR) is 66.8 cm³/mol. The van der Waals surface area contributed by atoms with E-state index in [9.17, 15) is 4.39 Å². The molecule has 2 N–H and O–H groups in total. The molecule has 1 heterocycles. The van der Waals surface area contributed by atoms with E-state index in [-0.39, 0.29) is 5.82 Å². The predicted octanol–water partition coefficient (Wildman–Crippen LogP) is 2.34. The van der Waals surface area contributed by atoms with E-state index < -0.39 is 0 Å². The lowest BCUT2D eigenvalue weighted by molar-refractivity contribution is 0.625. The molecule has 92 valence electrons. The summed E-state index contributed by atoms with van der Waals surface area (Å²) >= 11 is 0. The van der Waals surface area contributed by atoms with Crippen LogP contribution in [0.4, 0.5) is 10.2 Å². The number of nitriles is 1. The number of rotatable bonds is 2. The number of nitrogens with two attached hydrogens (primary N) is 1. The van der Waals surface area contributed by atoms with Gasteiger partial charge in [0.25, 0.3) is 0 Å². The van der Waals surface area contributed by atoms with Crippen LogP contribution in [0, 0.1) is 24.1 Å². The first-order valence-corrected chi connectivity index (χ1v) is 5.62. The van der Waals surface area contributed by atoms with Gasteiger partial charge in [0.2, 0.25) is 0 Å². The number of aryl methyl sites for hydroxylation is 2. The minimum Gasteiger partial charge on any atom is -0.382 e. The van der Waals surface area contributed by atoms with E-state index in [1.807, 2.05) is 6.92 Å². The van der Waals surface area contributed by atoms with Crippen molar-refractivity contribution in [1.82, 2.24) is 9.78 Å². The maximum absolute atomic E-state index is 13.1. The molecule has 0 radical (unpaired) electrons. The highest BCUT2D eigenvalue weighted by atomic mass is 19.1. The minimum absolute atomic E-state index is 0.295. The lowest BCUT2D eigenvalue weighted by Crippen LogP contribution is -2.04. The molecule has 0 saturated carbocycles. The summed E-state index contributed by atoms with van der Waals surface area (Å²) in [4.78, 5) is 0. The van der Waals surface area contributed by atoms with Crippen molar-refractivity contribution in [3.8, 4) is 11.8 Å². The first kappa shape index (κ1) is 12.1. The average Bonchev–Trinajstić information content (AvgIpc) is 2.66. The van der Waals surface area contributed by atoms with Gasteiger partial charge < -0.3 is 5.73 Å². The number of nitrogens with zero attached hydrogens (tertiary/aromatic N) is 3. The van der Waals surface area contributed by atoms with Gasteiger partial charge in [0.15, 0.2) is 0 Å². The third-order valence-electron chi connectivity index (χ3n) is 2.83. The molecule has 0 atom stereocenters. The third-order valence-corrected chi connectivity index (χ3v) is 2.83. The Morgan fingerprint density at radius 1 is 1.50 bits per heavy atom. The molecule has 0 amide bonds. The van der Waals surface area contributed by atoms with Crippen LogP contribution in [0.2, 0.25) is 0 Å². The van der Waals surface area contributed by atoms with Gasteiger partial charge in [-0.1, -0.05) is 6.92 Å². The SMILES string of the molecule is CCc1nn(-c2ccc(F)cc2C)c(N)c1C#N. The molecule has 0 unspecified atom stereocenters. The molecule has 0 bridgehead atoms. The molecule has 0 saturated heterocycles. The smallest absolute Gasteiger partial charge is 0.145 e. The molecule has 4 nitrogen and oxygen atoms in total. The monoisotopic (exact) mass is 244 g/mol. The van der Waals surface area contributed by atoms with Crippen molar-refractivity contribution < 1.29 is 4.39 Å². The Kier molecular flexibility index (Phi) is 3.02. The van der Waals surface area contributed by atoms with Gasteiger partial charge in [0.1, 0.15) is 23.3 Å². The summed E-state index contributed by atoms with van der Waals surface area (Å²) in [5.41, 5.74) is 8.36. The number of aromatic nitrogens is 2. The van der Waals surface area contributed by atoms with Gasteiger partial charge in [0.05, 0.1) is 11.4 Å². The Morgan fingerprint density at radius 2 is 2.22 bits per heavy atom. The van der Waals surface area contributed by atoms with Gasteiger partial charge in [-0.25, -0.2) is 9.07 Å². The normalized spacial score (nSPS) is 10.3. The largest absolute Gasteiger partial charge is 0.382 e. The lowest BCUT2D eigenvalue weighted by atomic mass is 10.2. The number of anilines is 1. The third kappa shape index (κ3) is 1.82. The molecule has 18 heavy (non-hydrogen) atoms. The number of hydrogen-bond donors (Lipinski definition) is 1. The Labute approximate surface area is 104 Å². The van der Waals surface area contributed by atoms with Gasteiger partial charge in [-0.15, -0.1) is 0 Å². The van der Waals surface area contributed by atoms with E-state index >= 15 is 0 Å². The van der Waals surface area contributed by atoms with Gasteiger partial charge in [-0.2, -0.15) is 10.4 Å². The van der Waals surface area contributed by atoms with Crippen molar-refractivity contribution in [2.75, 3.05) is 5.73 Å². The maximum Gasteiger partial charge on any atom is 0.145 e.